The van der Waals surface area contributed by atoms with Crippen molar-refractivity contribution < 1.29 is 15.3 Å². The molecule has 0 bridgehead atoms. The van der Waals surface area contributed by atoms with Crippen molar-refractivity contribution in [2.45, 2.75) is 25.3 Å². The first-order valence-electron chi connectivity index (χ1n) is 7.10. The van der Waals surface area contributed by atoms with E-state index in [4.69, 9.17) is 0 Å². The molecule has 0 spiro atoms. The summed E-state index contributed by atoms with van der Waals surface area (Å²) in [7, 11) is 1.84. The highest BCUT2D eigenvalue weighted by molar-refractivity contribution is 8.14. The number of thiol groups is 1. The Morgan fingerprint density at radius 3 is 2.82 bits per heavy atom. The molecular weight excluding hydrogens is 320 g/mol. The molecule has 0 saturated carbocycles. The molecule has 0 unspecified atom stereocenters. The minimum atomic E-state index is -1.42. The van der Waals surface area contributed by atoms with Gasteiger partial charge in [-0.25, -0.2) is 0 Å². The second-order valence-electron chi connectivity index (χ2n) is 5.47. The first kappa shape index (κ1) is 17.6. The molecule has 0 fully saturated rings. The molecule has 3 N–H and O–H groups in total. The number of aliphatic hydroxyl groups is 2. The molecule has 1 aromatic rings. The summed E-state index contributed by atoms with van der Waals surface area (Å²) in [6.07, 6.45) is -1.42. The van der Waals surface area contributed by atoms with Crippen molar-refractivity contribution in [2.75, 3.05) is 25.1 Å². The van der Waals surface area contributed by atoms with Crippen molar-refractivity contribution in [3.63, 3.8) is 0 Å². The number of hydrogen-bond acceptors (Lipinski definition) is 7. The average Bonchev–Trinajstić information content (AvgIpc) is 2.90. The molecule has 2 atom stereocenters. The third kappa shape index (κ3) is 3.97. The summed E-state index contributed by atoms with van der Waals surface area (Å²) in [5.74, 6) is 1.46. The molecular formula is C15H22N2O3S2. The summed E-state index contributed by atoms with van der Waals surface area (Å²) in [4.78, 5) is 6.53. The molecule has 1 aliphatic rings. The Kier molecular flexibility index (Phi) is 6.17. The van der Waals surface area contributed by atoms with Gasteiger partial charge in [-0.15, -0.1) is 11.8 Å². The van der Waals surface area contributed by atoms with Gasteiger partial charge in [-0.1, -0.05) is 12.1 Å². The van der Waals surface area contributed by atoms with E-state index in [0.717, 1.165) is 21.9 Å². The minimum Gasteiger partial charge on any atom is -0.507 e. The van der Waals surface area contributed by atoms with Crippen LogP contribution in [0.4, 0.5) is 0 Å². The molecule has 22 heavy (non-hydrogen) atoms. The maximum atomic E-state index is 10.1. The van der Waals surface area contributed by atoms with Gasteiger partial charge in [-0.05, 0) is 25.6 Å². The number of benzene rings is 1. The first-order valence-corrected chi connectivity index (χ1v) is 8.72. The van der Waals surface area contributed by atoms with Gasteiger partial charge in [0, 0.05) is 23.6 Å². The van der Waals surface area contributed by atoms with Crippen molar-refractivity contribution >= 4 is 29.4 Å². The van der Waals surface area contributed by atoms with Gasteiger partial charge in [0.25, 0.3) is 0 Å². The molecule has 1 heterocycles. The van der Waals surface area contributed by atoms with E-state index in [-0.39, 0.29) is 11.8 Å². The zero-order valence-electron chi connectivity index (χ0n) is 12.7. The number of nitrogens with zero attached hydrogens (tertiary/aromatic N) is 2. The lowest BCUT2D eigenvalue weighted by molar-refractivity contribution is -0.0885. The quantitative estimate of drug-likeness (QED) is 0.460. The average molecular weight is 342 g/mol. The van der Waals surface area contributed by atoms with E-state index in [2.05, 4.69) is 17.6 Å². The number of aromatic hydroxyl groups is 1. The topological polar surface area (TPSA) is 76.3 Å². The lowest BCUT2D eigenvalue weighted by Gasteiger charge is -2.29. The van der Waals surface area contributed by atoms with Crippen LogP contribution < -0.4 is 0 Å². The monoisotopic (exact) mass is 342 g/mol. The normalized spacial score (nSPS) is 19.8. The molecule has 7 heteroatoms. The third-order valence-electron chi connectivity index (χ3n) is 3.78. The van der Waals surface area contributed by atoms with Gasteiger partial charge < -0.3 is 15.3 Å². The Bertz CT molecular complexity index is 552. The molecule has 2 rings (SSSR count). The number of aliphatic imine (C=N–C) groups is 1. The van der Waals surface area contributed by atoms with Gasteiger partial charge in [0.1, 0.15) is 10.8 Å². The fourth-order valence-electron chi connectivity index (χ4n) is 2.42. The van der Waals surface area contributed by atoms with Gasteiger partial charge in [0.05, 0.1) is 12.1 Å². The van der Waals surface area contributed by atoms with E-state index < -0.39 is 12.3 Å². The molecule has 0 radical (unpaired) electrons. The number of aryl methyl sites for hydroxylation is 1. The van der Waals surface area contributed by atoms with Crippen LogP contribution in [0.2, 0.25) is 0 Å². The van der Waals surface area contributed by atoms with Crippen molar-refractivity contribution in [1.29, 1.82) is 0 Å². The lowest BCUT2D eigenvalue weighted by atomic mass is 10.1. The number of hydrogen-bond donors (Lipinski definition) is 4. The van der Waals surface area contributed by atoms with Crippen molar-refractivity contribution in [3.05, 3.63) is 29.3 Å². The number of aliphatic hydroxyl groups excluding tert-OH is 1. The van der Waals surface area contributed by atoms with Gasteiger partial charge in [0.15, 0.2) is 6.29 Å². The first-order chi connectivity index (χ1) is 10.4. The van der Waals surface area contributed by atoms with Crippen LogP contribution in [0.25, 0.3) is 0 Å². The van der Waals surface area contributed by atoms with Gasteiger partial charge in [-0.3, -0.25) is 9.89 Å². The summed E-state index contributed by atoms with van der Waals surface area (Å²) < 4.78 is 0. The Hall–Kier alpha value is -0.730. The van der Waals surface area contributed by atoms with Crippen LogP contribution in [-0.2, 0) is 0 Å². The van der Waals surface area contributed by atoms with Gasteiger partial charge in [-0.2, -0.15) is 12.6 Å². The smallest absolute Gasteiger partial charge is 0.168 e. The van der Waals surface area contributed by atoms with Crippen LogP contribution in [-0.4, -0.2) is 68.7 Å². The van der Waals surface area contributed by atoms with Crippen LogP contribution >= 0.6 is 24.4 Å². The zero-order chi connectivity index (χ0) is 16.3. The molecule has 122 valence electrons. The zero-order valence-corrected chi connectivity index (χ0v) is 14.4. The summed E-state index contributed by atoms with van der Waals surface area (Å²) in [6.45, 7) is 2.48. The predicted molar refractivity (Wildman–Crippen MR) is 94.1 cm³/mol. The fraction of sp³-hybridized carbons (Fsp3) is 0.533. The minimum absolute atomic E-state index is 0.0612. The number of phenols is 1. The number of para-hydroxylation sites is 1. The Morgan fingerprint density at radius 1 is 1.45 bits per heavy atom. The predicted octanol–water partition coefficient (Wildman–Crippen LogP) is 1.10. The molecule has 1 aliphatic heterocycles. The van der Waals surface area contributed by atoms with Crippen LogP contribution in [0.5, 0.6) is 5.75 Å². The SMILES string of the molecule is Cc1cccc(C2=N[C@@H](CN(C)[C@H](CS)C(O)O)CS2)c1O. The second kappa shape index (κ2) is 7.70. The van der Waals surface area contributed by atoms with E-state index in [1.54, 1.807) is 11.8 Å². The second-order valence-corrected chi connectivity index (χ2v) is 6.85. The Labute approximate surface area is 140 Å². The Morgan fingerprint density at radius 2 is 2.18 bits per heavy atom. The van der Waals surface area contributed by atoms with E-state index in [0.29, 0.717) is 12.3 Å². The molecule has 0 aliphatic carbocycles. The van der Waals surface area contributed by atoms with Crippen LogP contribution in [0.1, 0.15) is 11.1 Å². The molecule has 1 aromatic carbocycles. The number of phenolic OH excluding ortho intramolecular Hbond substituents is 1. The van der Waals surface area contributed by atoms with Crippen molar-refractivity contribution in [2.24, 2.45) is 4.99 Å². The molecule has 0 aromatic heterocycles. The largest absolute Gasteiger partial charge is 0.507 e. The molecule has 0 saturated heterocycles. The van der Waals surface area contributed by atoms with Crippen LogP contribution in [0, 0.1) is 6.92 Å². The van der Waals surface area contributed by atoms with Crippen molar-refractivity contribution in [1.82, 2.24) is 4.90 Å². The fourth-order valence-corrected chi connectivity index (χ4v) is 3.96. The summed E-state index contributed by atoms with van der Waals surface area (Å²) in [5, 5.41) is 29.7. The standard InChI is InChI=1S/C15H22N2O3S2/c1-9-4-3-5-11(13(9)18)14-16-10(8-22-14)6-17(2)12(7-21)15(19)20/h3-5,10,12,15,18-21H,6-8H2,1-2H3/t10-,12+/m0/s1. The van der Waals surface area contributed by atoms with Crippen LogP contribution in [0.3, 0.4) is 0 Å². The summed E-state index contributed by atoms with van der Waals surface area (Å²) >= 11 is 5.77. The van der Waals surface area contributed by atoms with Crippen LogP contribution in [0.15, 0.2) is 23.2 Å². The third-order valence-corrected chi connectivity index (χ3v) is 5.30. The van der Waals surface area contributed by atoms with E-state index in [1.165, 1.54) is 0 Å². The maximum Gasteiger partial charge on any atom is 0.168 e. The maximum absolute atomic E-state index is 10.1. The number of thioether (sulfide) groups is 1. The highest BCUT2D eigenvalue weighted by Gasteiger charge is 2.27. The van der Waals surface area contributed by atoms with Crippen molar-refractivity contribution in [3.8, 4) is 5.75 Å². The van der Waals surface area contributed by atoms with E-state index >= 15 is 0 Å². The van der Waals surface area contributed by atoms with E-state index in [9.17, 15) is 15.3 Å². The summed E-state index contributed by atoms with van der Waals surface area (Å²) in [6, 6.07) is 5.29. The van der Waals surface area contributed by atoms with Gasteiger partial charge >= 0.3 is 0 Å². The molecule has 5 nitrogen and oxygen atoms in total. The number of likely N-dealkylation sites (N-methyl/N-ethyl adjacent to an activating group) is 1. The highest BCUT2D eigenvalue weighted by atomic mass is 32.2. The lowest BCUT2D eigenvalue weighted by Crippen LogP contribution is -2.45. The molecule has 0 amide bonds. The highest BCUT2D eigenvalue weighted by Crippen LogP contribution is 2.31. The number of rotatable bonds is 6. The van der Waals surface area contributed by atoms with E-state index in [1.807, 2.05) is 37.1 Å². The Balaban J connectivity index is 2.07. The van der Waals surface area contributed by atoms with Gasteiger partial charge in [0.2, 0.25) is 0 Å². The summed E-state index contributed by atoms with van der Waals surface area (Å²) in [5.41, 5.74) is 1.60.